The average Bonchev–Trinajstić information content (AvgIpc) is 2.88. The van der Waals surface area contributed by atoms with Crippen molar-refractivity contribution in [3.05, 3.63) is 24.3 Å². The Morgan fingerprint density at radius 2 is 1.88 bits per heavy atom. The standard InChI is InChI=1S/C16H19N3O6/c1-24-11-5-3-10(4-6-11)19-15(22)12(18-16(19)23)9-13(20)17-8-7-14(21)25-2/h3-6,12H,7-9H2,1-2H3,(H,17,20)(H,18,23). The first-order valence-electron chi connectivity index (χ1n) is 7.58. The molecule has 1 aliphatic rings. The minimum absolute atomic E-state index is 0.0329. The van der Waals surface area contributed by atoms with E-state index in [9.17, 15) is 19.2 Å². The quantitative estimate of drug-likeness (QED) is 0.536. The summed E-state index contributed by atoms with van der Waals surface area (Å²) < 4.78 is 9.49. The largest absolute Gasteiger partial charge is 0.497 e. The number of hydrogen-bond donors (Lipinski definition) is 2. The number of carbonyl (C=O) groups excluding carboxylic acids is 4. The van der Waals surface area contributed by atoms with E-state index in [0.29, 0.717) is 11.4 Å². The van der Waals surface area contributed by atoms with Gasteiger partial charge in [0.15, 0.2) is 0 Å². The molecule has 9 nitrogen and oxygen atoms in total. The van der Waals surface area contributed by atoms with Crippen LogP contribution in [0.25, 0.3) is 0 Å². The van der Waals surface area contributed by atoms with Crippen molar-refractivity contribution in [2.45, 2.75) is 18.9 Å². The molecule has 1 aromatic carbocycles. The van der Waals surface area contributed by atoms with Gasteiger partial charge in [0.2, 0.25) is 5.91 Å². The van der Waals surface area contributed by atoms with Crippen molar-refractivity contribution in [3.63, 3.8) is 0 Å². The molecule has 0 aliphatic carbocycles. The number of amides is 4. The number of methoxy groups -OCH3 is 2. The summed E-state index contributed by atoms with van der Waals surface area (Å²) >= 11 is 0. The van der Waals surface area contributed by atoms with Crippen LogP contribution in [-0.4, -0.2) is 50.6 Å². The number of nitrogens with zero attached hydrogens (tertiary/aromatic N) is 1. The molecule has 1 unspecified atom stereocenters. The van der Waals surface area contributed by atoms with Gasteiger partial charge in [-0.1, -0.05) is 0 Å². The molecule has 0 saturated carbocycles. The molecule has 2 N–H and O–H groups in total. The predicted molar refractivity (Wildman–Crippen MR) is 87.1 cm³/mol. The second-order valence-corrected chi connectivity index (χ2v) is 5.25. The summed E-state index contributed by atoms with van der Waals surface area (Å²) in [6.45, 7) is 0.0998. The minimum Gasteiger partial charge on any atom is -0.497 e. The monoisotopic (exact) mass is 349 g/mol. The lowest BCUT2D eigenvalue weighted by Crippen LogP contribution is -2.37. The van der Waals surface area contributed by atoms with Crippen molar-refractivity contribution in [2.75, 3.05) is 25.7 Å². The fourth-order valence-corrected chi connectivity index (χ4v) is 2.31. The van der Waals surface area contributed by atoms with Crippen LogP contribution in [0.15, 0.2) is 24.3 Å². The van der Waals surface area contributed by atoms with E-state index in [2.05, 4.69) is 15.4 Å². The van der Waals surface area contributed by atoms with Gasteiger partial charge in [-0.25, -0.2) is 9.69 Å². The van der Waals surface area contributed by atoms with Gasteiger partial charge in [-0.2, -0.15) is 0 Å². The van der Waals surface area contributed by atoms with Gasteiger partial charge in [0.25, 0.3) is 5.91 Å². The number of rotatable bonds is 7. The van der Waals surface area contributed by atoms with E-state index in [0.717, 1.165) is 4.90 Å². The molecule has 2 rings (SSSR count). The molecule has 1 atom stereocenters. The highest BCUT2D eigenvalue weighted by Crippen LogP contribution is 2.23. The van der Waals surface area contributed by atoms with Crippen molar-refractivity contribution in [1.29, 1.82) is 0 Å². The molecule has 9 heteroatoms. The van der Waals surface area contributed by atoms with Crippen LogP contribution < -0.4 is 20.3 Å². The smallest absolute Gasteiger partial charge is 0.329 e. The lowest BCUT2D eigenvalue weighted by molar-refractivity contribution is -0.140. The molecule has 1 heterocycles. The maximum absolute atomic E-state index is 12.4. The number of esters is 1. The Balaban J connectivity index is 1.93. The molecule has 1 aromatic rings. The van der Waals surface area contributed by atoms with Crippen LogP contribution in [0.5, 0.6) is 5.75 Å². The van der Waals surface area contributed by atoms with Crippen LogP contribution in [0.2, 0.25) is 0 Å². The van der Waals surface area contributed by atoms with Gasteiger partial charge in [0.1, 0.15) is 11.8 Å². The zero-order chi connectivity index (χ0) is 18.4. The Labute approximate surface area is 144 Å². The number of nitrogens with one attached hydrogen (secondary N) is 2. The van der Waals surface area contributed by atoms with Gasteiger partial charge >= 0.3 is 12.0 Å². The number of urea groups is 1. The molecular weight excluding hydrogens is 330 g/mol. The minimum atomic E-state index is -0.951. The highest BCUT2D eigenvalue weighted by Gasteiger charge is 2.39. The van der Waals surface area contributed by atoms with Gasteiger partial charge in [-0.05, 0) is 24.3 Å². The van der Waals surface area contributed by atoms with E-state index in [4.69, 9.17) is 4.74 Å². The maximum Gasteiger partial charge on any atom is 0.329 e. The van der Waals surface area contributed by atoms with Crippen LogP contribution >= 0.6 is 0 Å². The third-order valence-electron chi connectivity index (χ3n) is 3.62. The number of ether oxygens (including phenoxy) is 2. The highest BCUT2D eigenvalue weighted by atomic mass is 16.5. The van der Waals surface area contributed by atoms with Crippen LogP contribution in [0, 0.1) is 0 Å². The second kappa shape index (κ2) is 8.13. The van der Waals surface area contributed by atoms with Crippen molar-refractivity contribution in [2.24, 2.45) is 0 Å². The zero-order valence-corrected chi connectivity index (χ0v) is 13.9. The molecule has 1 aliphatic heterocycles. The molecule has 25 heavy (non-hydrogen) atoms. The Morgan fingerprint density at radius 1 is 1.20 bits per heavy atom. The molecular formula is C16H19N3O6. The SMILES string of the molecule is COC(=O)CCNC(=O)CC1NC(=O)N(c2ccc(OC)cc2)C1=O. The maximum atomic E-state index is 12.4. The molecule has 1 saturated heterocycles. The number of carbonyl (C=O) groups is 4. The topological polar surface area (TPSA) is 114 Å². The van der Waals surface area contributed by atoms with Crippen molar-refractivity contribution in [3.8, 4) is 5.75 Å². The number of anilines is 1. The zero-order valence-electron chi connectivity index (χ0n) is 13.9. The Morgan fingerprint density at radius 3 is 2.48 bits per heavy atom. The van der Waals surface area contributed by atoms with E-state index < -0.39 is 29.9 Å². The number of imide groups is 1. The van der Waals surface area contributed by atoms with Crippen LogP contribution in [0.1, 0.15) is 12.8 Å². The van der Waals surface area contributed by atoms with Crippen molar-refractivity contribution >= 4 is 29.5 Å². The summed E-state index contributed by atoms with van der Waals surface area (Å²) in [4.78, 5) is 48.2. The third kappa shape index (κ3) is 4.46. The normalized spacial score (nSPS) is 16.4. The van der Waals surface area contributed by atoms with Gasteiger partial charge in [-0.3, -0.25) is 14.4 Å². The molecule has 0 spiro atoms. The number of benzene rings is 1. The molecule has 0 radical (unpaired) electrons. The highest BCUT2D eigenvalue weighted by molar-refractivity contribution is 6.22. The summed E-state index contributed by atoms with van der Waals surface area (Å²) in [6.07, 6.45) is -0.177. The van der Waals surface area contributed by atoms with Gasteiger partial charge in [0.05, 0.1) is 32.7 Å². The summed E-state index contributed by atoms with van der Waals surface area (Å²) in [6, 6.07) is 4.87. The van der Waals surface area contributed by atoms with Crippen molar-refractivity contribution < 1.29 is 28.7 Å². The first-order chi connectivity index (χ1) is 12.0. The van der Waals surface area contributed by atoms with Crippen LogP contribution in [0.4, 0.5) is 10.5 Å². The number of hydrogen-bond acceptors (Lipinski definition) is 6. The first kappa shape index (κ1) is 18.2. The Hall–Kier alpha value is -3.10. The lowest BCUT2D eigenvalue weighted by atomic mass is 10.2. The summed E-state index contributed by atoms with van der Waals surface area (Å²) in [7, 11) is 2.77. The lowest BCUT2D eigenvalue weighted by Gasteiger charge is -2.13. The molecule has 0 bridgehead atoms. The third-order valence-corrected chi connectivity index (χ3v) is 3.62. The first-order valence-corrected chi connectivity index (χ1v) is 7.58. The van der Waals surface area contributed by atoms with Gasteiger partial charge < -0.3 is 20.1 Å². The van der Waals surface area contributed by atoms with E-state index in [1.54, 1.807) is 24.3 Å². The van der Waals surface area contributed by atoms with Crippen LogP contribution in [-0.2, 0) is 19.1 Å². The molecule has 1 fully saturated rings. The molecule has 134 valence electrons. The second-order valence-electron chi connectivity index (χ2n) is 5.25. The van der Waals surface area contributed by atoms with E-state index in [1.165, 1.54) is 14.2 Å². The van der Waals surface area contributed by atoms with E-state index in [1.807, 2.05) is 0 Å². The predicted octanol–water partition coefficient (Wildman–Crippen LogP) is 0.189. The summed E-state index contributed by atoms with van der Waals surface area (Å²) in [5, 5.41) is 4.98. The van der Waals surface area contributed by atoms with E-state index in [-0.39, 0.29) is 19.4 Å². The molecule has 0 aromatic heterocycles. The Kier molecular flexibility index (Phi) is 5.93. The summed E-state index contributed by atoms with van der Waals surface area (Å²) in [5.41, 5.74) is 0.386. The van der Waals surface area contributed by atoms with E-state index >= 15 is 0 Å². The van der Waals surface area contributed by atoms with Gasteiger partial charge in [-0.15, -0.1) is 0 Å². The Bertz CT molecular complexity index is 673. The summed E-state index contributed by atoms with van der Waals surface area (Å²) in [5.74, 6) is -0.814. The fourth-order valence-electron chi connectivity index (χ4n) is 2.31. The average molecular weight is 349 g/mol. The molecule has 4 amide bonds. The van der Waals surface area contributed by atoms with Gasteiger partial charge in [0, 0.05) is 6.54 Å². The van der Waals surface area contributed by atoms with Crippen molar-refractivity contribution in [1.82, 2.24) is 10.6 Å². The van der Waals surface area contributed by atoms with Crippen LogP contribution in [0.3, 0.4) is 0 Å². The fraction of sp³-hybridized carbons (Fsp3) is 0.375.